The Hall–Kier alpha value is -3.93. The van der Waals surface area contributed by atoms with Crippen LogP contribution < -0.4 is 9.47 Å². The standard InChI is InChI=1S/C26H22O16S5/c1-15-3-6-18(13-23(15)44(29,30)31)43(27,28)19-7-10-22(26(14-19)47(38,39)40)42-21-9-5-17(12-25(21)46(35,36)37)16-4-8-20(41-2)24(11-16)45(32,33)34/h3-14H,1-2H3,(H,29,30,31)(H,32,33,34)(H,35,36,37)(H,38,39,40). The van der Waals surface area contributed by atoms with Gasteiger partial charge in [0, 0.05) is 0 Å². The first-order valence-electron chi connectivity index (χ1n) is 12.3. The van der Waals surface area contributed by atoms with E-state index in [-0.39, 0.29) is 22.4 Å². The van der Waals surface area contributed by atoms with Crippen LogP contribution in [0.1, 0.15) is 5.56 Å². The van der Waals surface area contributed by atoms with Gasteiger partial charge in [-0.15, -0.1) is 0 Å². The van der Waals surface area contributed by atoms with Gasteiger partial charge < -0.3 is 9.47 Å². The summed E-state index contributed by atoms with van der Waals surface area (Å²) in [4.78, 5) is -5.03. The summed E-state index contributed by atoms with van der Waals surface area (Å²) in [5, 5.41) is 0. The number of hydrogen-bond acceptors (Lipinski definition) is 12. The van der Waals surface area contributed by atoms with Crippen LogP contribution in [0.5, 0.6) is 17.2 Å². The molecular formula is C26H22O16S5. The molecule has 16 nitrogen and oxygen atoms in total. The predicted molar refractivity (Wildman–Crippen MR) is 161 cm³/mol. The van der Waals surface area contributed by atoms with Gasteiger partial charge in [-0.3, -0.25) is 18.2 Å². The largest absolute Gasteiger partial charge is 0.495 e. The Morgan fingerprint density at radius 3 is 1.28 bits per heavy atom. The summed E-state index contributed by atoms with van der Waals surface area (Å²) in [5.74, 6) is -1.78. The lowest BCUT2D eigenvalue weighted by atomic mass is 10.1. The molecule has 0 fully saturated rings. The van der Waals surface area contributed by atoms with E-state index in [1.807, 2.05) is 0 Å². The number of methoxy groups -OCH3 is 1. The maximum atomic E-state index is 13.3. The van der Waals surface area contributed by atoms with E-state index in [4.69, 9.17) is 9.47 Å². The van der Waals surface area contributed by atoms with Gasteiger partial charge in [0.05, 0.1) is 21.8 Å². The maximum Gasteiger partial charge on any atom is 0.298 e. The Morgan fingerprint density at radius 2 is 0.830 bits per heavy atom. The Bertz CT molecular complexity index is 2490. The first-order chi connectivity index (χ1) is 21.4. The highest BCUT2D eigenvalue weighted by Gasteiger charge is 2.28. The molecule has 0 amide bonds. The molecule has 0 spiro atoms. The number of sulfone groups is 1. The third-order valence-electron chi connectivity index (χ3n) is 6.47. The zero-order valence-electron chi connectivity index (χ0n) is 23.7. The van der Waals surface area contributed by atoms with Gasteiger partial charge in [0.15, 0.2) is 0 Å². The molecule has 4 aromatic rings. The molecule has 0 bridgehead atoms. The van der Waals surface area contributed by atoms with Crippen molar-refractivity contribution in [2.75, 3.05) is 7.11 Å². The minimum atomic E-state index is -5.31. The first-order valence-corrected chi connectivity index (χ1v) is 19.6. The number of aryl methyl sites for hydroxylation is 1. The van der Waals surface area contributed by atoms with Crippen LogP contribution in [0.4, 0.5) is 0 Å². The van der Waals surface area contributed by atoms with Crippen molar-refractivity contribution in [3.05, 3.63) is 78.4 Å². The van der Waals surface area contributed by atoms with Crippen molar-refractivity contribution in [1.82, 2.24) is 0 Å². The number of ether oxygens (including phenoxy) is 2. The van der Waals surface area contributed by atoms with Crippen molar-refractivity contribution in [3.63, 3.8) is 0 Å². The Labute approximate surface area is 269 Å². The normalized spacial score (nSPS) is 12.9. The second-order valence-corrected chi connectivity index (χ2v) is 17.1. The maximum absolute atomic E-state index is 13.3. The van der Waals surface area contributed by atoms with Crippen LogP contribution in [-0.4, -0.2) is 67.4 Å². The topological polar surface area (TPSA) is 270 Å². The van der Waals surface area contributed by atoms with Crippen LogP contribution in [-0.2, 0) is 50.3 Å². The molecule has 252 valence electrons. The van der Waals surface area contributed by atoms with E-state index >= 15 is 0 Å². The summed E-state index contributed by atoms with van der Waals surface area (Å²) in [7, 11) is -23.7. The van der Waals surface area contributed by atoms with Gasteiger partial charge in [-0.25, -0.2) is 8.42 Å². The molecule has 0 aliphatic rings. The number of benzene rings is 4. The van der Waals surface area contributed by atoms with Gasteiger partial charge >= 0.3 is 0 Å². The molecule has 4 aromatic carbocycles. The van der Waals surface area contributed by atoms with Crippen molar-refractivity contribution in [2.24, 2.45) is 0 Å². The number of rotatable bonds is 10. The van der Waals surface area contributed by atoms with Crippen LogP contribution in [0.2, 0.25) is 0 Å². The SMILES string of the molecule is COc1ccc(-c2ccc(Oc3ccc(S(=O)(=O)c4ccc(C)c(S(=O)(=O)O)c4)cc3S(=O)(=O)O)c(S(=O)(=O)O)c2)cc1S(=O)(=O)O. The van der Waals surface area contributed by atoms with Gasteiger partial charge in [0.25, 0.3) is 40.5 Å². The molecule has 0 aromatic heterocycles. The zero-order chi connectivity index (χ0) is 35.3. The van der Waals surface area contributed by atoms with E-state index in [0.29, 0.717) is 12.1 Å². The van der Waals surface area contributed by atoms with Crippen molar-refractivity contribution >= 4 is 50.3 Å². The van der Waals surface area contributed by atoms with Gasteiger partial charge in [-0.05, 0) is 78.2 Å². The van der Waals surface area contributed by atoms with E-state index < -0.39 is 91.2 Å². The molecule has 47 heavy (non-hydrogen) atoms. The Morgan fingerprint density at radius 1 is 0.468 bits per heavy atom. The molecule has 0 unspecified atom stereocenters. The quantitative estimate of drug-likeness (QED) is 0.169. The third kappa shape index (κ3) is 7.63. The molecule has 21 heteroatoms. The summed E-state index contributed by atoms with van der Waals surface area (Å²) in [6, 6.07) is 11.0. The molecule has 4 rings (SSSR count). The van der Waals surface area contributed by atoms with Gasteiger partial charge in [0.2, 0.25) is 9.84 Å². The predicted octanol–water partition coefficient (Wildman–Crippen LogP) is 3.28. The van der Waals surface area contributed by atoms with Crippen molar-refractivity contribution in [2.45, 2.75) is 36.3 Å². The third-order valence-corrected chi connectivity index (χ3v) is 11.8. The minimum Gasteiger partial charge on any atom is -0.495 e. The average Bonchev–Trinajstić information content (AvgIpc) is 2.95. The molecule has 4 N–H and O–H groups in total. The molecule has 0 aliphatic heterocycles. The Kier molecular flexibility index (Phi) is 9.37. The van der Waals surface area contributed by atoms with Crippen molar-refractivity contribution in [1.29, 1.82) is 0 Å². The fourth-order valence-corrected chi connectivity index (χ4v) is 8.43. The second kappa shape index (κ2) is 12.3. The lowest BCUT2D eigenvalue weighted by Crippen LogP contribution is -2.09. The summed E-state index contributed by atoms with van der Waals surface area (Å²) in [5.41, 5.74) is -0.0343. The van der Waals surface area contributed by atoms with Crippen LogP contribution in [0.25, 0.3) is 11.1 Å². The lowest BCUT2D eigenvalue weighted by Gasteiger charge is -2.15. The van der Waals surface area contributed by atoms with E-state index in [2.05, 4.69) is 0 Å². The summed E-state index contributed by atoms with van der Waals surface area (Å²) in [6.07, 6.45) is 0. The van der Waals surface area contributed by atoms with Crippen LogP contribution in [0, 0.1) is 6.92 Å². The second-order valence-electron chi connectivity index (χ2n) is 9.57. The highest BCUT2D eigenvalue weighted by molar-refractivity contribution is 7.91. The van der Waals surface area contributed by atoms with Crippen molar-refractivity contribution < 1.29 is 69.8 Å². The lowest BCUT2D eigenvalue weighted by molar-refractivity contribution is 0.397. The fraction of sp³-hybridized carbons (Fsp3) is 0.0769. The van der Waals surface area contributed by atoms with Crippen LogP contribution in [0.15, 0.2) is 102 Å². The summed E-state index contributed by atoms with van der Waals surface area (Å²) in [6.45, 7) is 1.28. The van der Waals surface area contributed by atoms with E-state index in [9.17, 15) is 60.3 Å². The monoisotopic (exact) mass is 750 g/mol. The number of hydrogen-bond donors (Lipinski definition) is 4. The molecule has 0 aliphatic carbocycles. The highest BCUT2D eigenvalue weighted by Crippen LogP contribution is 2.38. The van der Waals surface area contributed by atoms with Crippen LogP contribution in [0.3, 0.4) is 0 Å². The molecule has 0 radical (unpaired) electrons. The minimum absolute atomic E-state index is 0.000317. The van der Waals surface area contributed by atoms with E-state index in [1.165, 1.54) is 13.0 Å². The van der Waals surface area contributed by atoms with Gasteiger partial charge in [-0.1, -0.05) is 18.2 Å². The average molecular weight is 751 g/mol. The zero-order valence-corrected chi connectivity index (χ0v) is 27.7. The van der Waals surface area contributed by atoms with E-state index in [1.54, 1.807) is 0 Å². The Balaban J connectivity index is 1.85. The molecule has 0 atom stereocenters. The molecule has 0 saturated carbocycles. The summed E-state index contributed by atoms with van der Waals surface area (Å²) < 4.78 is 172. The summed E-state index contributed by atoms with van der Waals surface area (Å²) >= 11 is 0. The molecule has 0 heterocycles. The van der Waals surface area contributed by atoms with Crippen molar-refractivity contribution in [3.8, 4) is 28.4 Å². The smallest absolute Gasteiger partial charge is 0.298 e. The van der Waals surface area contributed by atoms with Crippen LogP contribution >= 0.6 is 0 Å². The van der Waals surface area contributed by atoms with Gasteiger partial charge in [0.1, 0.15) is 31.9 Å². The molecular weight excluding hydrogens is 729 g/mol. The van der Waals surface area contributed by atoms with E-state index in [0.717, 1.165) is 61.7 Å². The fourth-order valence-electron chi connectivity index (χ4n) is 4.25. The molecule has 0 saturated heterocycles. The van der Waals surface area contributed by atoms with Gasteiger partial charge in [-0.2, -0.15) is 33.7 Å². The highest BCUT2D eigenvalue weighted by atomic mass is 32.2. The first kappa shape index (κ1) is 35.9.